The summed E-state index contributed by atoms with van der Waals surface area (Å²) in [5.74, 6) is 0.868. The summed E-state index contributed by atoms with van der Waals surface area (Å²) in [5, 5.41) is 1.72. The molecule has 6 heteroatoms. The molecule has 0 saturated carbocycles. The molecule has 0 unspecified atom stereocenters. The number of thiophene rings is 1. The molecule has 0 N–H and O–H groups in total. The van der Waals surface area contributed by atoms with Crippen molar-refractivity contribution < 1.29 is 0 Å². The minimum absolute atomic E-state index is 0.0165. The monoisotopic (exact) mass is 353 g/mol. The molecule has 1 aromatic carbocycles. The van der Waals surface area contributed by atoms with Gasteiger partial charge in [-0.3, -0.25) is 9.36 Å². The van der Waals surface area contributed by atoms with Gasteiger partial charge < -0.3 is 0 Å². The quantitative estimate of drug-likeness (QED) is 0.408. The number of hydrogen-bond donors (Lipinski definition) is 0. The molecule has 0 aliphatic carbocycles. The van der Waals surface area contributed by atoms with Gasteiger partial charge in [-0.2, -0.15) is 0 Å². The van der Waals surface area contributed by atoms with E-state index in [9.17, 15) is 4.79 Å². The maximum atomic E-state index is 13.1. The summed E-state index contributed by atoms with van der Waals surface area (Å²) in [7, 11) is 0. The third kappa shape index (κ3) is 2.61. The highest BCUT2D eigenvalue weighted by molar-refractivity contribution is 7.99. The SMILES string of the molecule is CCSc1nc2c(sc3ncccc32)c(=O)n1Cc1ccccc1. The Morgan fingerprint density at radius 1 is 1.17 bits per heavy atom. The van der Waals surface area contributed by atoms with Gasteiger partial charge in [-0.15, -0.1) is 11.3 Å². The van der Waals surface area contributed by atoms with Crippen molar-refractivity contribution in [2.45, 2.75) is 18.6 Å². The Kier molecular flexibility index (Phi) is 4.08. The lowest BCUT2D eigenvalue weighted by Crippen LogP contribution is -2.23. The van der Waals surface area contributed by atoms with Crippen molar-refractivity contribution in [2.75, 3.05) is 5.75 Å². The molecule has 0 atom stereocenters. The molecule has 24 heavy (non-hydrogen) atoms. The van der Waals surface area contributed by atoms with Crippen molar-refractivity contribution in [3.05, 3.63) is 64.6 Å². The zero-order valence-corrected chi connectivity index (χ0v) is 14.7. The van der Waals surface area contributed by atoms with E-state index in [0.29, 0.717) is 11.2 Å². The molecule has 0 saturated heterocycles. The molecular weight excluding hydrogens is 338 g/mol. The van der Waals surface area contributed by atoms with Crippen LogP contribution in [-0.2, 0) is 6.54 Å². The van der Waals surface area contributed by atoms with Gasteiger partial charge in [0.25, 0.3) is 5.56 Å². The van der Waals surface area contributed by atoms with Crippen molar-refractivity contribution in [3.8, 4) is 0 Å². The van der Waals surface area contributed by atoms with Crippen molar-refractivity contribution in [2.24, 2.45) is 0 Å². The fourth-order valence-corrected chi connectivity index (χ4v) is 4.43. The number of fused-ring (bicyclic) bond motifs is 3. The highest BCUT2D eigenvalue weighted by Crippen LogP contribution is 2.30. The number of rotatable bonds is 4. The predicted molar refractivity (Wildman–Crippen MR) is 101 cm³/mol. The Morgan fingerprint density at radius 2 is 2.00 bits per heavy atom. The maximum absolute atomic E-state index is 13.1. The summed E-state index contributed by atoms with van der Waals surface area (Å²) in [6, 6.07) is 13.9. The number of aromatic nitrogens is 3. The summed E-state index contributed by atoms with van der Waals surface area (Å²) in [5.41, 5.74) is 1.88. The van der Waals surface area contributed by atoms with Crippen molar-refractivity contribution in [1.82, 2.24) is 14.5 Å². The number of hydrogen-bond acceptors (Lipinski definition) is 5. The average Bonchev–Trinajstić information content (AvgIpc) is 2.98. The first-order valence-corrected chi connectivity index (χ1v) is 9.53. The highest BCUT2D eigenvalue weighted by Gasteiger charge is 2.16. The molecule has 4 nitrogen and oxygen atoms in total. The molecule has 4 aromatic rings. The van der Waals surface area contributed by atoms with Crippen LogP contribution in [0.4, 0.5) is 0 Å². The first-order valence-electron chi connectivity index (χ1n) is 7.72. The number of pyridine rings is 1. The molecule has 0 aliphatic rings. The molecule has 4 rings (SSSR count). The summed E-state index contributed by atoms with van der Waals surface area (Å²) >= 11 is 3.02. The Bertz CT molecular complexity index is 1070. The van der Waals surface area contributed by atoms with Crippen LogP contribution in [-0.4, -0.2) is 20.3 Å². The smallest absolute Gasteiger partial charge is 0.272 e. The largest absolute Gasteiger partial charge is 0.282 e. The van der Waals surface area contributed by atoms with Crippen molar-refractivity contribution in [3.63, 3.8) is 0 Å². The van der Waals surface area contributed by atoms with E-state index in [1.54, 1.807) is 22.5 Å². The van der Waals surface area contributed by atoms with Gasteiger partial charge in [0.2, 0.25) is 0 Å². The third-order valence-electron chi connectivity index (χ3n) is 3.77. The molecule has 0 amide bonds. The molecule has 0 bridgehead atoms. The Hall–Kier alpha value is -2.18. The lowest BCUT2D eigenvalue weighted by atomic mass is 10.2. The number of thioether (sulfide) groups is 1. The lowest BCUT2D eigenvalue weighted by molar-refractivity contribution is 0.660. The fraction of sp³-hybridized carbons (Fsp3) is 0.167. The molecule has 0 fully saturated rings. The number of nitrogens with zero attached hydrogens (tertiary/aromatic N) is 3. The zero-order valence-electron chi connectivity index (χ0n) is 13.1. The molecule has 3 aromatic heterocycles. The second-order valence-corrected chi connectivity index (χ2v) is 7.57. The van der Waals surface area contributed by atoms with E-state index in [1.807, 2.05) is 42.5 Å². The average molecular weight is 353 g/mol. The van der Waals surface area contributed by atoms with Crippen LogP contribution in [0.15, 0.2) is 58.6 Å². The second kappa shape index (κ2) is 6.37. The topological polar surface area (TPSA) is 47.8 Å². The van der Waals surface area contributed by atoms with Crippen LogP contribution in [0.25, 0.3) is 20.4 Å². The standard InChI is InChI=1S/C18H15N3OS2/c1-2-23-18-20-14-13-9-6-10-19-16(13)24-15(14)17(22)21(18)11-12-7-4-3-5-8-12/h3-10H,2,11H2,1H3. The van der Waals surface area contributed by atoms with E-state index in [2.05, 4.69) is 11.9 Å². The van der Waals surface area contributed by atoms with Crippen LogP contribution in [0.5, 0.6) is 0 Å². The van der Waals surface area contributed by atoms with Gasteiger partial charge in [0.05, 0.1) is 12.1 Å². The second-order valence-electron chi connectivity index (χ2n) is 5.34. The zero-order chi connectivity index (χ0) is 16.5. The van der Waals surface area contributed by atoms with Crippen molar-refractivity contribution >= 4 is 43.5 Å². The van der Waals surface area contributed by atoms with Gasteiger partial charge in [-0.25, -0.2) is 9.97 Å². The van der Waals surface area contributed by atoms with E-state index in [0.717, 1.165) is 32.2 Å². The number of benzene rings is 1. The highest BCUT2D eigenvalue weighted by atomic mass is 32.2. The van der Waals surface area contributed by atoms with Crippen LogP contribution in [0.2, 0.25) is 0 Å². The Labute approximate surface area is 147 Å². The van der Waals surface area contributed by atoms with Gasteiger partial charge >= 0.3 is 0 Å². The molecule has 0 aliphatic heterocycles. The normalized spacial score (nSPS) is 11.4. The van der Waals surface area contributed by atoms with E-state index < -0.39 is 0 Å². The fourth-order valence-electron chi connectivity index (χ4n) is 2.69. The first-order chi connectivity index (χ1) is 11.8. The summed E-state index contributed by atoms with van der Waals surface area (Å²) in [6.07, 6.45) is 1.75. The van der Waals surface area contributed by atoms with Gasteiger partial charge in [0.1, 0.15) is 9.53 Å². The summed E-state index contributed by atoms with van der Waals surface area (Å²) in [6.45, 7) is 2.60. The molecule has 0 radical (unpaired) electrons. The third-order valence-corrected chi connectivity index (χ3v) is 5.72. The molecule has 3 heterocycles. The maximum Gasteiger partial charge on any atom is 0.272 e. The van der Waals surface area contributed by atoms with Crippen LogP contribution in [0.3, 0.4) is 0 Å². The minimum atomic E-state index is 0.0165. The van der Waals surface area contributed by atoms with E-state index in [1.165, 1.54) is 11.3 Å². The van der Waals surface area contributed by atoms with Crippen LogP contribution in [0.1, 0.15) is 12.5 Å². The van der Waals surface area contributed by atoms with Gasteiger partial charge in [0.15, 0.2) is 5.16 Å². The van der Waals surface area contributed by atoms with Crippen LogP contribution >= 0.6 is 23.1 Å². The van der Waals surface area contributed by atoms with E-state index in [-0.39, 0.29) is 5.56 Å². The van der Waals surface area contributed by atoms with E-state index in [4.69, 9.17) is 4.98 Å². The van der Waals surface area contributed by atoms with Crippen LogP contribution in [0, 0.1) is 0 Å². The molecule has 0 spiro atoms. The molecular formula is C18H15N3OS2. The molecule has 120 valence electrons. The van der Waals surface area contributed by atoms with Gasteiger partial charge in [0, 0.05) is 11.6 Å². The van der Waals surface area contributed by atoms with Crippen LogP contribution < -0.4 is 5.56 Å². The van der Waals surface area contributed by atoms with Crippen molar-refractivity contribution in [1.29, 1.82) is 0 Å². The predicted octanol–water partition coefficient (Wildman–Crippen LogP) is 4.17. The lowest BCUT2D eigenvalue weighted by Gasteiger charge is -2.11. The van der Waals surface area contributed by atoms with E-state index >= 15 is 0 Å². The minimum Gasteiger partial charge on any atom is -0.282 e. The Balaban J connectivity index is 1.97. The first kappa shape index (κ1) is 15.4. The summed E-state index contributed by atoms with van der Waals surface area (Å²) < 4.78 is 2.46. The summed E-state index contributed by atoms with van der Waals surface area (Å²) in [4.78, 5) is 23.1. The Morgan fingerprint density at radius 3 is 2.79 bits per heavy atom. The van der Waals surface area contributed by atoms with Gasteiger partial charge in [-0.1, -0.05) is 49.0 Å². The van der Waals surface area contributed by atoms with Gasteiger partial charge in [-0.05, 0) is 23.4 Å².